The number of rotatable bonds is 3. The van der Waals surface area contributed by atoms with Crippen molar-refractivity contribution >= 4 is 11.6 Å². The van der Waals surface area contributed by atoms with Crippen molar-refractivity contribution in [1.82, 2.24) is 0 Å². The Balaban J connectivity index is 2.80. The van der Waals surface area contributed by atoms with Gasteiger partial charge in [0.05, 0.1) is 6.61 Å². The van der Waals surface area contributed by atoms with Crippen molar-refractivity contribution in [2.75, 3.05) is 13.7 Å². The molecule has 0 heterocycles. The highest BCUT2D eigenvalue weighted by Gasteiger charge is 2.07. The van der Waals surface area contributed by atoms with Crippen molar-refractivity contribution in [3.05, 3.63) is 34.9 Å². The number of aliphatic hydroxyl groups excluding tert-OH is 1. The summed E-state index contributed by atoms with van der Waals surface area (Å²) in [7, 11) is 1.56. The van der Waals surface area contributed by atoms with Gasteiger partial charge < -0.3 is 9.84 Å². The minimum atomic E-state index is -0.248. The summed E-state index contributed by atoms with van der Waals surface area (Å²) in [5.41, 5.74) is 0.935. The van der Waals surface area contributed by atoms with Crippen LogP contribution in [-0.4, -0.2) is 18.8 Å². The van der Waals surface area contributed by atoms with Crippen LogP contribution in [0.3, 0.4) is 0 Å². The third-order valence-corrected chi connectivity index (χ3v) is 1.94. The molecule has 0 radical (unpaired) electrons. The van der Waals surface area contributed by atoms with E-state index in [1.54, 1.807) is 19.2 Å². The normalized spacial score (nSPS) is 12.9. The highest BCUT2D eigenvalue weighted by atomic mass is 35.5. The third-order valence-electron chi connectivity index (χ3n) is 1.69. The minimum absolute atomic E-state index is 0.0157. The van der Waals surface area contributed by atoms with Gasteiger partial charge in [-0.05, 0) is 17.7 Å². The first-order valence-electron chi connectivity index (χ1n) is 3.67. The van der Waals surface area contributed by atoms with Crippen LogP contribution in [0.1, 0.15) is 11.7 Å². The average molecular weight is 187 g/mol. The lowest BCUT2D eigenvalue weighted by Gasteiger charge is -2.11. The van der Waals surface area contributed by atoms with Crippen molar-refractivity contribution in [3.63, 3.8) is 0 Å². The van der Waals surface area contributed by atoms with Gasteiger partial charge in [-0.1, -0.05) is 23.7 Å². The number of hydrogen-bond donors (Lipinski definition) is 1. The number of benzene rings is 1. The van der Waals surface area contributed by atoms with E-state index in [0.717, 1.165) is 5.56 Å². The minimum Gasteiger partial charge on any atom is -0.393 e. The van der Waals surface area contributed by atoms with Gasteiger partial charge in [-0.15, -0.1) is 0 Å². The summed E-state index contributed by atoms with van der Waals surface area (Å²) >= 11 is 5.70. The van der Waals surface area contributed by atoms with Gasteiger partial charge in [0.1, 0.15) is 6.10 Å². The second kappa shape index (κ2) is 4.45. The molecule has 1 aromatic carbocycles. The molecule has 0 aliphatic rings. The summed E-state index contributed by atoms with van der Waals surface area (Å²) in [5.74, 6) is 0. The quantitative estimate of drug-likeness (QED) is 0.783. The molecule has 0 saturated carbocycles. The molecule has 0 amide bonds. The molecular formula is C9H11ClO2. The van der Waals surface area contributed by atoms with Crippen LogP contribution >= 0.6 is 11.6 Å². The van der Waals surface area contributed by atoms with Crippen LogP contribution in [0.15, 0.2) is 24.3 Å². The summed E-state index contributed by atoms with van der Waals surface area (Å²) < 4.78 is 5.03. The Kier molecular flexibility index (Phi) is 3.53. The Morgan fingerprint density at radius 3 is 2.42 bits per heavy atom. The molecule has 0 aliphatic carbocycles. The van der Waals surface area contributed by atoms with Crippen molar-refractivity contribution in [2.24, 2.45) is 0 Å². The molecule has 0 spiro atoms. The topological polar surface area (TPSA) is 29.5 Å². The molecule has 1 N–H and O–H groups in total. The van der Waals surface area contributed by atoms with Crippen molar-refractivity contribution < 1.29 is 9.84 Å². The molecule has 0 aromatic heterocycles. The van der Waals surface area contributed by atoms with E-state index < -0.39 is 0 Å². The number of methoxy groups -OCH3 is 1. The SMILES string of the molecule is COC(CO)c1ccc(Cl)cc1. The zero-order valence-electron chi connectivity index (χ0n) is 6.83. The van der Waals surface area contributed by atoms with E-state index in [2.05, 4.69) is 0 Å². The van der Waals surface area contributed by atoms with E-state index in [1.165, 1.54) is 0 Å². The van der Waals surface area contributed by atoms with Gasteiger partial charge in [0, 0.05) is 12.1 Å². The van der Waals surface area contributed by atoms with E-state index in [0.29, 0.717) is 5.02 Å². The van der Waals surface area contributed by atoms with Gasteiger partial charge in [-0.25, -0.2) is 0 Å². The van der Waals surface area contributed by atoms with Crippen LogP contribution in [0.5, 0.6) is 0 Å². The highest BCUT2D eigenvalue weighted by molar-refractivity contribution is 6.30. The van der Waals surface area contributed by atoms with E-state index in [-0.39, 0.29) is 12.7 Å². The molecule has 0 saturated heterocycles. The molecule has 1 aromatic rings. The van der Waals surface area contributed by atoms with Crippen LogP contribution in [0.25, 0.3) is 0 Å². The first-order valence-corrected chi connectivity index (χ1v) is 4.05. The van der Waals surface area contributed by atoms with E-state index in [1.807, 2.05) is 12.1 Å². The molecule has 2 nitrogen and oxygen atoms in total. The third kappa shape index (κ3) is 2.21. The molecule has 0 fully saturated rings. The predicted octanol–water partition coefficient (Wildman–Crippen LogP) is 2.02. The van der Waals surface area contributed by atoms with Gasteiger partial charge in [-0.3, -0.25) is 0 Å². The van der Waals surface area contributed by atoms with E-state index >= 15 is 0 Å². The second-order valence-electron chi connectivity index (χ2n) is 2.46. The standard InChI is InChI=1S/C9H11ClO2/c1-12-9(6-11)7-2-4-8(10)5-3-7/h2-5,9,11H,6H2,1H3. The molecule has 66 valence electrons. The largest absolute Gasteiger partial charge is 0.393 e. The molecular weight excluding hydrogens is 176 g/mol. The van der Waals surface area contributed by atoms with Crippen LogP contribution in [0.2, 0.25) is 5.02 Å². The Morgan fingerprint density at radius 1 is 1.42 bits per heavy atom. The molecule has 1 rings (SSSR count). The van der Waals surface area contributed by atoms with Gasteiger partial charge >= 0.3 is 0 Å². The summed E-state index contributed by atoms with van der Waals surface area (Å²) in [6.45, 7) is -0.0157. The lowest BCUT2D eigenvalue weighted by molar-refractivity contribution is 0.0484. The zero-order valence-corrected chi connectivity index (χ0v) is 7.58. The second-order valence-corrected chi connectivity index (χ2v) is 2.89. The maximum absolute atomic E-state index is 8.89. The van der Waals surface area contributed by atoms with Gasteiger partial charge in [0.25, 0.3) is 0 Å². The monoisotopic (exact) mass is 186 g/mol. The van der Waals surface area contributed by atoms with Gasteiger partial charge in [-0.2, -0.15) is 0 Å². The predicted molar refractivity (Wildman–Crippen MR) is 48.3 cm³/mol. The van der Waals surface area contributed by atoms with Crippen LogP contribution < -0.4 is 0 Å². The first kappa shape index (κ1) is 9.52. The molecule has 1 unspecified atom stereocenters. The van der Waals surface area contributed by atoms with E-state index in [4.69, 9.17) is 21.4 Å². The molecule has 3 heteroatoms. The Morgan fingerprint density at radius 2 is 2.00 bits per heavy atom. The van der Waals surface area contributed by atoms with Gasteiger partial charge in [0.2, 0.25) is 0 Å². The van der Waals surface area contributed by atoms with Crippen LogP contribution in [0.4, 0.5) is 0 Å². The first-order chi connectivity index (χ1) is 5.77. The maximum atomic E-state index is 8.89. The fourth-order valence-corrected chi connectivity index (χ4v) is 1.12. The summed E-state index contributed by atoms with van der Waals surface area (Å²) in [4.78, 5) is 0. The summed E-state index contributed by atoms with van der Waals surface area (Å²) in [6, 6.07) is 7.23. The highest BCUT2D eigenvalue weighted by Crippen LogP contribution is 2.18. The van der Waals surface area contributed by atoms with Crippen molar-refractivity contribution in [3.8, 4) is 0 Å². The lowest BCUT2D eigenvalue weighted by Crippen LogP contribution is -2.05. The van der Waals surface area contributed by atoms with Crippen LogP contribution in [-0.2, 0) is 4.74 Å². The number of hydrogen-bond acceptors (Lipinski definition) is 2. The molecule has 0 bridgehead atoms. The number of aliphatic hydroxyl groups is 1. The molecule has 1 atom stereocenters. The smallest absolute Gasteiger partial charge is 0.105 e. The molecule has 0 aliphatic heterocycles. The van der Waals surface area contributed by atoms with Crippen molar-refractivity contribution in [2.45, 2.75) is 6.10 Å². The average Bonchev–Trinajstić information content (AvgIpc) is 2.10. The Bertz CT molecular complexity index is 229. The summed E-state index contributed by atoms with van der Waals surface area (Å²) in [6.07, 6.45) is -0.248. The fraction of sp³-hybridized carbons (Fsp3) is 0.333. The summed E-state index contributed by atoms with van der Waals surface area (Å²) in [5, 5.41) is 9.58. The number of ether oxygens (including phenoxy) is 1. The van der Waals surface area contributed by atoms with Crippen LogP contribution in [0, 0.1) is 0 Å². The maximum Gasteiger partial charge on any atom is 0.105 e. The lowest BCUT2D eigenvalue weighted by atomic mass is 10.1. The van der Waals surface area contributed by atoms with E-state index in [9.17, 15) is 0 Å². The fourth-order valence-electron chi connectivity index (χ4n) is 0.993. The number of halogens is 1. The molecule has 12 heavy (non-hydrogen) atoms. The Hall–Kier alpha value is -0.570. The Labute approximate surface area is 76.7 Å². The zero-order chi connectivity index (χ0) is 8.97. The van der Waals surface area contributed by atoms with Gasteiger partial charge in [0.15, 0.2) is 0 Å². The van der Waals surface area contributed by atoms with Crippen molar-refractivity contribution in [1.29, 1.82) is 0 Å².